The summed E-state index contributed by atoms with van der Waals surface area (Å²) < 4.78 is 3.30. The van der Waals surface area contributed by atoms with Gasteiger partial charge >= 0.3 is 0 Å². The summed E-state index contributed by atoms with van der Waals surface area (Å²) >= 11 is 3.50. The lowest BCUT2D eigenvalue weighted by atomic mass is 10.2. The van der Waals surface area contributed by atoms with Gasteiger partial charge < -0.3 is 9.47 Å². The molecule has 96 valence electrons. The van der Waals surface area contributed by atoms with E-state index in [-0.39, 0.29) is 0 Å². The van der Waals surface area contributed by atoms with Gasteiger partial charge in [-0.2, -0.15) is 0 Å². The Balaban J connectivity index is 2.12. The van der Waals surface area contributed by atoms with Crippen molar-refractivity contribution in [1.82, 2.24) is 14.5 Å². The molecule has 1 aromatic heterocycles. The van der Waals surface area contributed by atoms with Crippen molar-refractivity contribution in [2.24, 2.45) is 0 Å². The third-order valence-corrected chi connectivity index (χ3v) is 3.30. The smallest absolute Gasteiger partial charge is 0.139 e. The first-order valence-electron chi connectivity index (χ1n) is 6.08. The number of imidazole rings is 1. The van der Waals surface area contributed by atoms with Crippen LogP contribution in [-0.2, 0) is 6.54 Å². The lowest BCUT2D eigenvalue weighted by Gasteiger charge is -2.11. The van der Waals surface area contributed by atoms with Crippen molar-refractivity contribution in [2.45, 2.75) is 13.0 Å². The zero-order valence-corrected chi connectivity index (χ0v) is 12.4. The van der Waals surface area contributed by atoms with Crippen LogP contribution in [0, 0.1) is 0 Å². The Morgan fingerprint density at radius 2 is 2.17 bits per heavy atom. The van der Waals surface area contributed by atoms with Crippen molar-refractivity contribution in [2.75, 3.05) is 20.6 Å². The molecule has 3 nitrogen and oxygen atoms in total. The number of nitrogens with zero attached hydrogens (tertiary/aromatic N) is 3. The predicted molar refractivity (Wildman–Crippen MR) is 78.5 cm³/mol. The second kappa shape index (κ2) is 6.16. The van der Waals surface area contributed by atoms with Gasteiger partial charge in [-0.3, -0.25) is 0 Å². The highest BCUT2D eigenvalue weighted by Crippen LogP contribution is 2.21. The molecule has 0 N–H and O–H groups in total. The number of halogens is 1. The van der Waals surface area contributed by atoms with Gasteiger partial charge in [0.25, 0.3) is 0 Å². The quantitative estimate of drug-likeness (QED) is 0.845. The molecule has 0 spiro atoms. The molecular formula is C14H18BrN3. The van der Waals surface area contributed by atoms with E-state index in [0.717, 1.165) is 35.4 Å². The molecule has 18 heavy (non-hydrogen) atoms. The van der Waals surface area contributed by atoms with Crippen LogP contribution < -0.4 is 0 Å². The summed E-state index contributed by atoms with van der Waals surface area (Å²) in [5, 5.41) is 0. The SMILES string of the molecule is CN(C)CCCn1ccnc1-c1cccc(Br)c1. The molecule has 0 radical (unpaired) electrons. The number of hydrogen-bond acceptors (Lipinski definition) is 2. The molecule has 1 heterocycles. The fourth-order valence-electron chi connectivity index (χ4n) is 1.93. The average Bonchev–Trinajstić information content (AvgIpc) is 2.77. The Labute approximate surface area is 117 Å². The lowest BCUT2D eigenvalue weighted by Crippen LogP contribution is -2.15. The van der Waals surface area contributed by atoms with E-state index in [1.807, 2.05) is 24.5 Å². The molecule has 0 saturated carbocycles. The average molecular weight is 308 g/mol. The van der Waals surface area contributed by atoms with E-state index in [1.165, 1.54) is 0 Å². The first kappa shape index (κ1) is 13.3. The fourth-order valence-corrected chi connectivity index (χ4v) is 2.33. The van der Waals surface area contributed by atoms with Crippen LogP contribution in [0.4, 0.5) is 0 Å². The zero-order valence-electron chi connectivity index (χ0n) is 10.8. The van der Waals surface area contributed by atoms with Crippen molar-refractivity contribution in [3.63, 3.8) is 0 Å². The van der Waals surface area contributed by atoms with Crippen LogP contribution in [-0.4, -0.2) is 35.1 Å². The van der Waals surface area contributed by atoms with Crippen LogP contribution in [0.1, 0.15) is 6.42 Å². The lowest BCUT2D eigenvalue weighted by molar-refractivity contribution is 0.387. The van der Waals surface area contributed by atoms with Gasteiger partial charge in [0, 0.05) is 29.0 Å². The van der Waals surface area contributed by atoms with Crippen LogP contribution in [0.2, 0.25) is 0 Å². The molecule has 0 unspecified atom stereocenters. The highest BCUT2D eigenvalue weighted by atomic mass is 79.9. The summed E-state index contributed by atoms with van der Waals surface area (Å²) in [6.07, 6.45) is 5.04. The number of rotatable bonds is 5. The van der Waals surface area contributed by atoms with Crippen molar-refractivity contribution in [3.05, 3.63) is 41.1 Å². The van der Waals surface area contributed by atoms with Gasteiger partial charge in [0.2, 0.25) is 0 Å². The van der Waals surface area contributed by atoms with Crippen molar-refractivity contribution in [1.29, 1.82) is 0 Å². The number of hydrogen-bond donors (Lipinski definition) is 0. The maximum Gasteiger partial charge on any atom is 0.139 e. The standard InChI is InChI=1S/C14H18BrN3/c1-17(2)8-4-9-18-10-7-16-14(18)12-5-3-6-13(15)11-12/h3,5-7,10-11H,4,8-9H2,1-2H3. The highest BCUT2D eigenvalue weighted by molar-refractivity contribution is 9.10. The molecule has 0 saturated heterocycles. The minimum absolute atomic E-state index is 1.00. The van der Waals surface area contributed by atoms with Crippen LogP contribution in [0.25, 0.3) is 11.4 Å². The van der Waals surface area contributed by atoms with Gasteiger partial charge in [-0.05, 0) is 39.2 Å². The van der Waals surface area contributed by atoms with E-state index < -0.39 is 0 Å². The highest BCUT2D eigenvalue weighted by Gasteiger charge is 2.06. The van der Waals surface area contributed by atoms with E-state index in [4.69, 9.17) is 0 Å². The Bertz CT molecular complexity index is 505. The van der Waals surface area contributed by atoms with E-state index in [2.05, 4.69) is 56.6 Å². The topological polar surface area (TPSA) is 21.1 Å². The van der Waals surface area contributed by atoms with Crippen LogP contribution in [0.5, 0.6) is 0 Å². The number of aryl methyl sites for hydroxylation is 1. The van der Waals surface area contributed by atoms with E-state index in [9.17, 15) is 0 Å². The van der Waals surface area contributed by atoms with Gasteiger partial charge in [0.1, 0.15) is 5.82 Å². The molecule has 0 fully saturated rings. The monoisotopic (exact) mass is 307 g/mol. The Morgan fingerprint density at radius 3 is 2.89 bits per heavy atom. The summed E-state index contributed by atoms with van der Waals surface area (Å²) in [5.41, 5.74) is 1.15. The summed E-state index contributed by atoms with van der Waals surface area (Å²) in [4.78, 5) is 6.66. The van der Waals surface area contributed by atoms with Crippen molar-refractivity contribution >= 4 is 15.9 Å². The second-order valence-corrected chi connectivity index (χ2v) is 5.53. The van der Waals surface area contributed by atoms with Gasteiger partial charge in [-0.25, -0.2) is 4.98 Å². The summed E-state index contributed by atoms with van der Waals surface area (Å²) in [5.74, 6) is 1.04. The van der Waals surface area contributed by atoms with Gasteiger partial charge in [-0.1, -0.05) is 28.1 Å². The normalized spacial score (nSPS) is 11.1. The molecule has 0 atom stereocenters. The minimum atomic E-state index is 1.00. The largest absolute Gasteiger partial charge is 0.331 e. The molecule has 0 aliphatic carbocycles. The number of aromatic nitrogens is 2. The summed E-state index contributed by atoms with van der Waals surface area (Å²) in [6.45, 7) is 2.09. The molecule has 0 aliphatic rings. The second-order valence-electron chi connectivity index (χ2n) is 4.61. The third kappa shape index (κ3) is 3.43. The first-order valence-corrected chi connectivity index (χ1v) is 6.88. The maximum atomic E-state index is 4.45. The Kier molecular flexibility index (Phi) is 4.55. The predicted octanol–water partition coefficient (Wildman–Crippen LogP) is 3.26. The molecule has 2 aromatic rings. The molecule has 4 heteroatoms. The fraction of sp³-hybridized carbons (Fsp3) is 0.357. The van der Waals surface area contributed by atoms with Gasteiger partial charge in [0.15, 0.2) is 0 Å². The maximum absolute atomic E-state index is 4.45. The third-order valence-electron chi connectivity index (χ3n) is 2.80. The molecule has 2 rings (SSSR count). The first-order chi connectivity index (χ1) is 8.66. The number of benzene rings is 1. The Hall–Kier alpha value is -1.13. The van der Waals surface area contributed by atoms with Gasteiger partial charge in [0.05, 0.1) is 0 Å². The van der Waals surface area contributed by atoms with Crippen LogP contribution >= 0.6 is 15.9 Å². The molecule has 0 aliphatic heterocycles. The van der Waals surface area contributed by atoms with Crippen LogP contribution in [0.3, 0.4) is 0 Å². The molecule has 1 aromatic carbocycles. The molecule has 0 amide bonds. The van der Waals surface area contributed by atoms with E-state index in [1.54, 1.807) is 0 Å². The van der Waals surface area contributed by atoms with E-state index >= 15 is 0 Å². The Morgan fingerprint density at radius 1 is 1.33 bits per heavy atom. The minimum Gasteiger partial charge on any atom is -0.331 e. The van der Waals surface area contributed by atoms with Crippen LogP contribution in [0.15, 0.2) is 41.1 Å². The zero-order chi connectivity index (χ0) is 13.0. The van der Waals surface area contributed by atoms with Gasteiger partial charge in [-0.15, -0.1) is 0 Å². The molecule has 0 bridgehead atoms. The van der Waals surface area contributed by atoms with Crippen molar-refractivity contribution < 1.29 is 0 Å². The van der Waals surface area contributed by atoms with Crippen molar-refractivity contribution in [3.8, 4) is 11.4 Å². The summed E-state index contributed by atoms with van der Waals surface area (Å²) in [7, 11) is 4.20. The molecular weight excluding hydrogens is 290 g/mol. The summed E-state index contributed by atoms with van der Waals surface area (Å²) in [6, 6.07) is 8.27. The van der Waals surface area contributed by atoms with E-state index in [0.29, 0.717) is 0 Å².